The Morgan fingerprint density at radius 1 is 1.21 bits per heavy atom. The summed E-state index contributed by atoms with van der Waals surface area (Å²) < 4.78 is 26.2. The highest BCUT2D eigenvalue weighted by Crippen LogP contribution is 2.42. The van der Waals surface area contributed by atoms with Gasteiger partial charge in [0.05, 0.1) is 5.69 Å². The molecule has 2 N–H and O–H groups in total. The van der Waals surface area contributed by atoms with Crippen molar-refractivity contribution >= 4 is 17.5 Å². The maximum absolute atomic E-state index is 13.4. The van der Waals surface area contributed by atoms with Gasteiger partial charge in [0.1, 0.15) is 17.4 Å². The molecule has 0 radical (unpaired) electrons. The van der Waals surface area contributed by atoms with Crippen LogP contribution in [-0.4, -0.2) is 16.9 Å². The molecule has 2 aliphatic carbocycles. The standard InChI is InChI=1S/C16H15F2N3O3/c17-8-5-6-12(11(18)7-8)19-16(24)21-20-13-14(22)9-3-1-2-4-10(9)15(13)23/h5-7,9-10,22H,1-4H2,(H,19,24). The molecule has 6 nitrogen and oxygen atoms in total. The molecule has 1 saturated carbocycles. The summed E-state index contributed by atoms with van der Waals surface area (Å²) in [6.45, 7) is 0. The van der Waals surface area contributed by atoms with Gasteiger partial charge in [-0.15, -0.1) is 5.11 Å². The number of urea groups is 1. The Hall–Kier alpha value is -2.64. The summed E-state index contributed by atoms with van der Waals surface area (Å²) in [5.74, 6) is -2.73. The molecule has 1 aromatic rings. The lowest BCUT2D eigenvalue weighted by molar-refractivity contribution is -0.120. The predicted molar refractivity (Wildman–Crippen MR) is 80.3 cm³/mol. The number of azo groups is 1. The number of Topliss-reactive ketones (excluding diaryl/α,β-unsaturated/α-hetero) is 1. The second kappa shape index (κ2) is 6.46. The Balaban J connectivity index is 1.72. The van der Waals surface area contributed by atoms with E-state index in [9.17, 15) is 23.5 Å². The highest BCUT2D eigenvalue weighted by atomic mass is 19.1. The van der Waals surface area contributed by atoms with E-state index in [-0.39, 0.29) is 34.8 Å². The largest absolute Gasteiger partial charge is 0.510 e. The number of halogens is 2. The van der Waals surface area contributed by atoms with Crippen LogP contribution in [0, 0.1) is 23.5 Å². The van der Waals surface area contributed by atoms with Crippen molar-refractivity contribution in [2.24, 2.45) is 22.1 Å². The van der Waals surface area contributed by atoms with Crippen LogP contribution in [-0.2, 0) is 4.79 Å². The van der Waals surface area contributed by atoms with Gasteiger partial charge >= 0.3 is 6.03 Å². The van der Waals surface area contributed by atoms with Gasteiger partial charge in [0, 0.05) is 17.9 Å². The topological polar surface area (TPSA) is 91.1 Å². The summed E-state index contributed by atoms with van der Waals surface area (Å²) in [5, 5.41) is 19.0. The van der Waals surface area contributed by atoms with Crippen molar-refractivity contribution in [1.29, 1.82) is 0 Å². The van der Waals surface area contributed by atoms with Crippen LogP contribution in [0.5, 0.6) is 0 Å². The molecule has 0 aliphatic heterocycles. The third-order valence-electron chi connectivity index (χ3n) is 4.34. The zero-order valence-electron chi connectivity index (χ0n) is 12.6. The fourth-order valence-electron chi connectivity index (χ4n) is 3.18. The zero-order valence-corrected chi connectivity index (χ0v) is 12.6. The fourth-order valence-corrected chi connectivity index (χ4v) is 3.18. The fraction of sp³-hybridized carbons (Fsp3) is 0.375. The molecule has 2 aliphatic rings. The maximum Gasteiger partial charge on any atom is 0.364 e. The Morgan fingerprint density at radius 3 is 2.58 bits per heavy atom. The number of carbonyl (C=O) groups excluding carboxylic acids is 2. The molecule has 0 saturated heterocycles. The van der Waals surface area contributed by atoms with E-state index in [0.29, 0.717) is 18.9 Å². The van der Waals surface area contributed by atoms with E-state index in [1.54, 1.807) is 0 Å². The average molecular weight is 335 g/mol. The highest BCUT2D eigenvalue weighted by molar-refractivity contribution is 6.00. The number of hydrogen-bond donors (Lipinski definition) is 2. The molecule has 2 unspecified atom stereocenters. The number of nitrogens with one attached hydrogen (secondary N) is 1. The number of fused-ring (bicyclic) bond motifs is 1. The molecule has 1 fully saturated rings. The van der Waals surface area contributed by atoms with Crippen LogP contribution in [0.2, 0.25) is 0 Å². The molecule has 24 heavy (non-hydrogen) atoms. The first-order valence-corrected chi connectivity index (χ1v) is 7.62. The summed E-state index contributed by atoms with van der Waals surface area (Å²) >= 11 is 0. The molecule has 0 heterocycles. The first-order chi connectivity index (χ1) is 11.5. The maximum atomic E-state index is 13.4. The van der Waals surface area contributed by atoms with E-state index >= 15 is 0 Å². The van der Waals surface area contributed by atoms with Crippen LogP contribution in [0.3, 0.4) is 0 Å². The molecular formula is C16H15F2N3O3. The molecule has 2 amide bonds. The van der Waals surface area contributed by atoms with E-state index < -0.39 is 17.7 Å². The Morgan fingerprint density at radius 2 is 1.92 bits per heavy atom. The van der Waals surface area contributed by atoms with Crippen molar-refractivity contribution in [1.82, 2.24) is 0 Å². The summed E-state index contributed by atoms with van der Waals surface area (Å²) in [7, 11) is 0. The van der Waals surface area contributed by atoms with Crippen LogP contribution in [0.25, 0.3) is 0 Å². The van der Waals surface area contributed by atoms with Gasteiger partial charge in [-0.05, 0) is 25.0 Å². The van der Waals surface area contributed by atoms with Crippen LogP contribution in [0.15, 0.2) is 39.9 Å². The number of benzene rings is 1. The molecule has 1 aromatic carbocycles. The number of aliphatic hydroxyl groups is 1. The number of ketones is 1. The van der Waals surface area contributed by atoms with Gasteiger partial charge in [0.15, 0.2) is 11.5 Å². The normalized spacial score (nSPS) is 23.7. The number of amides is 2. The quantitative estimate of drug-likeness (QED) is 0.797. The molecule has 126 valence electrons. The minimum atomic E-state index is -1.02. The molecule has 0 spiro atoms. The van der Waals surface area contributed by atoms with Gasteiger partial charge in [-0.1, -0.05) is 18.0 Å². The third kappa shape index (κ3) is 3.04. The molecule has 8 heteroatoms. The molecule has 3 rings (SSSR count). The Kier molecular flexibility index (Phi) is 4.37. The molecule has 2 atom stereocenters. The van der Waals surface area contributed by atoms with E-state index in [1.807, 2.05) is 0 Å². The highest BCUT2D eigenvalue weighted by Gasteiger charge is 2.43. The predicted octanol–water partition coefficient (Wildman–Crippen LogP) is 4.11. The van der Waals surface area contributed by atoms with E-state index in [0.717, 1.165) is 25.0 Å². The first-order valence-electron chi connectivity index (χ1n) is 7.62. The summed E-state index contributed by atoms with van der Waals surface area (Å²) in [6, 6.07) is 1.62. The third-order valence-corrected chi connectivity index (χ3v) is 4.34. The van der Waals surface area contributed by atoms with Gasteiger partial charge in [0.25, 0.3) is 0 Å². The van der Waals surface area contributed by atoms with Gasteiger partial charge in [-0.25, -0.2) is 13.6 Å². The van der Waals surface area contributed by atoms with E-state index in [1.165, 1.54) is 0 Å². The van der Waals surface area contributed by atoms with Gasteiger partial charge in [-0.2, -0.15) is 0 Å². The molecule has 0 bridgehead atoms. The summed E-state index contributed by atoms with van der Waals surface area (Å²) in [5.41, 5.74) is -0.466. The summed E-state index contributed by atoms with van der Waals surface area (Å²) in [6.07, 6.45) is 3.22. The Bertz CT molecular complexity index is 761. The smallest absolute Gasteiger partial charge is 0.364 e. The van der Waals surface area contributed by atoms with Crippen LogP contribution in [0.4, 0.5) is 19.3 Å². The van der Waals surface area contributed by atoms with Crippen molar-refractivity contribution in [2.75, 3.05) is 5.32 Å². The van der Waals surface area contributed by atoms with Gasteiger partial charge < -0.3 is 10.4 Å². The van der Waals surface area contributed by atoms with Crippen molar-refractivity contribution in [3.8, 4) is 0 Å². The number of nitrogens with zero attached hydrogens (tertiary/aromatic N) is 2. The second-order valence-corrected chi connectivity index (χ2v) is 5.85. The average Bonchev–Trinajstić information content (AvgIpc) is 2.80. The van der Waals surface area contributed by atoms with Gasteiger partial charge in [-0.3, -0.25) is 4.79 Å². The van der Waals surface area contributed by atoms with Crippen LogP contribution < -0.4 is 5.32 Å². The van der Waals surface area contributed by atoms with Crippen molar-refractivity contribution in [3.05, 3.63) is 41.3 Å². The molecular weight excluding hydrogens is 320 g/mol. The first kappa shape index (κ1) is 16.2. The lowest BCUT2D eigenvalue weighted by atomic mass is 9.80. The monoisotopic (exact) mass is 335 g/mol. The van der Waals surface area contributed by atoms with Crippen molar-refractivity contribution in [2.45, 2.75) is 25.7 Å². The lowest BCUT2D eigenvalue weighted by Gasteiger charge is -2.23. The van der Waals surface area contributed by atoms with Crippen LogP contribution >= 0.6 is 0 Å². The summed E-state index contributed by atoms with van der Waals surface area (Å²) in [4.78, 5) is 23.9. The number of hydrogen-bond acceptors (Lipinski definition) is 4. The number of anilines is 1. The number of allylic oxidation sites excluding steroid dienone is 2. The SMILES string of the molecule is O=C(N=NC1=C(O)C2CCCCC2C1=O)Nc1ccc(F)cc1F. The number of carbonyl (C=O) groups is 2. The zero-order chi connectivity index (χ0) is 17.3. The van der Waals surface area contributed by atoms with Gasteiger partial charge in [0.2, 0.25) is 0 Å². The van der Waals surface area contributed by atoms with Crippen molar-refractivity contribution in [3.63, 3.8) is 0 Å². The minimum absolute atomic E-state index is 0.130. The number of rotatable bonds is 2. The minimum Gasteiger partial charge on any atom is -0.510 e. The van der Waals surface area contributed by atoms with Crippen LogP contribution in [0.1, 0.15) is 25.7 Å². The second-order valence-electron chi connectivity index (χ2n) is 5.85. The lowest BCUT2D eigenvalue weighted by Crippen LogP contribution is -2.21. The Labute approximate surface area is 136 Å². The van der Waals surface area contributed by atoms with Crippen molar-refractivity contribution < 1.29 is 23.5 Å². The number of aliphatic hydroxyl groups excluding tert-OH is 1. The molecule has 0 aromatic heterocycles. The van der Waals surface area contributed by atoms with E-state index in [4.69, 9.17) is 0 Å². The van der Waals surface area contributed by atoms with E-state index in [2.05, 4.69) is 15.5 Å².